The van der Waals surface area contributed by atoms with E-state index in [-0.39, 0.29) is 5.92 Å². The molecule has 1 heterocycles. The van der Waals surface area contributed by atoms with Crippen LogP contribution in [0.3, 0.4) is 0 Å². The van der Waals surface area contributed by atoms with Crippen LogP contribution in [0.4, 0.5) is 4.39 Å². The first-order chi connectivity index (χ1) is 13.1. The molecule has 27 heavy (non-hydrogen) atoms. The number of carbonyl (C=O) groups is 1. The number of aromatic carboxylic acids is 1. The van der Waals surface area contributed by atoms with Crippen molar-refractivity contribution >= 4 is 16.9 Å². The molecule has 3 aromatic rings. The van der Waals surface area contributed by atoms with E-state index in [2.05, 4.69) is 4.98 Å². The number of fused-ring (bicyclic) bond motifs is 1. The Balaban J connectivity index is 1.91. The molecule has 1 aliphatic rings. The highest BCUT2D eigenvalue weighted by atomic mass is 19.1. The molecule has 4 nitrogen and oxygen atoms in total. The number of aromatic nitrogens is 1. The molecular weight excluding hydrogens is 345 g/mol. The van der Waals surface area contributed by atoms with Gasteiger partial charge in [-0.3, -0.25) is 4.98 Å². The Morgan fingerprint density at radius 2 is 1.96 bits per heavy atom. The average Bonchev–Trinajstić information content (AvgIpc) is 3.21. The Labute approximate surface area is 156 Å². The van der Waals surface area contributed by atoms with E-state index in [0.717, 1.165) is 36.8 Å². The van der Waals surface area contributed by atoms with Crippen molar-refractivity contribution in [2.24, 2.45) is 0 Å². The largest absolute Gasteiger partial charge is 0.497 e. The van der Waals surface area contributed by atoms with E-state index < -0.39 is 11.8 Å². The van der Waals surface area contributed by atoms with Crippen molar-refractivity contribution in [2.75, 3.05) is 7.11 Å². The summed E-state index contributed by atoms with van der Waals surface area (Å²) >= 11 is 0. The van der Waals surface area contributed by atoms with Crippen molar-refractivity contribution in [2.45, 2.75) is 31.6 Å². The number of carboxylic acids is 1. The number of hydrogen-bond donors (Lipinski definition) is 1. The van der Waals surface area contributed by atoms with Crippen molar-refractivity contribution in [3.63, 3.8) is 0 Å². The Morgan fingerprint density at radius 1 is 1.19 bits per heavy atom. The number of pyridine rings is 1. The van der Waals surface area contributed by atoms with Crippen LogP contribution in [0.1, 0.15) is 47.5 Å². The molecule has 0 amide bonds. The van der Waals surface area contributed by atoms with Crippen LogP contribution in [0, 0.1) is 5.82 Å². The lowest BCUT2D eigenvalue weighted by atomic mass is 9.89. The molecule has 0 radical (unpaired) electrons. The average molecular weight is 365 g/mol. The predicted molar refractivity (Wildman–Crippen MR) is 102 cm³/mol. The molecule has 1 fully saturated rings. The number of hydrogen-bond acceptors (Lipinski definition) is 3. The lowest BCUT2D eigenvalue weighted by molar-refractivity contribution is 0.0695. The lowest BCUT2D eigenvalue weighted by Gasteiger charge is -2.16. The highest BCUT2D eigenvalue weighted by Gasteiger charge is 2.23. The van der Waals surface area contributed by atoms with Crippen molar-refractivity contribution in [3.05, 3.63) is 59.5 Å². The van der Waals surface area contributed by atoms with Crippen molar-refractivity contribution < 1.29 is 19.0 Å². The molecule has 2 aromatic carbocycles. The third-order valence-corrected chi connectivity index (χ3v) is 5.39. The van der Waals surface area contributed by atoms with E-state index in [1.165, 1.54) is 13.2 Å². The van der Waals surface area contributed by atoms with Crippen LogP contribution in [-0.2, 0) is 0 Å². The van der Waals surface area contributed by atoms with Gasteiger partial charge in [-0.1, -0.05) is 18.9 Å². The minimum atomic E-state index is -0.918. The van der Waals surface area contributed by atoms with Gasteiger partial charge in [0.1, 0.15) is 11.6 Å². The maximum Gasteiger partial charge on any atom is 0.335 e. The summed E-state index contributed by atoms with van der Waals surface area (Å²) < 4.78 is 19.9. The van der Waals surface area contributed by atoms with Gasteiger partial charge in [-0.25, -0.2) is 9.18 Å². The van der Waals surface area contributed by atoms with Crippen LogP contribution in [0.25, 0.3) is 22.0 Å². The van der Waals surface area contributed by atoms with Crippen LogP contribution in [-0.4, -0.2) is 23.2 Å². The summed E-state index contributed by atoms with van der Waals surface area (Å²) in [6, 6.07) is 10.1. The molecule has 1 N–H and O–H groups in total. The molecular formula is C22H20FNO3. The molecule has 4 rings (SSSR count). The molecule has 1 aromatic heterocycles. The Kier molecular flexibility index (Phi) is 4.52. The summed E-state index contributed by atoms with van der Waals surface area (Å²) in [5, 5.41) is 9.99. The van der Waals surface area contributed by atoms with Crippen LogP contribution in [0.2, 0.25) is 0 Å². The minimum absolute atomic E-state index is 0.245. The number of ether oxygens (including phenoxy) is 1. The minimum Gasteiger partial charge on any atom is -0.497 e. The fourth-order valence-electron chi connectivity index (χ4n) is 4.07. The summed E-state index contributed by atoms with van der Waals surface area (Å²) in [5.74, 6) is -0.664. The van der Waals surface area contributed by atoms with Crippen molar-refractivity contribution in [3.8, 4) is 16.9 Å². The fraction of sp³-hybridized carbons (Fsp3) is 0.273. The molecule has 1 aliphatic carbocycles. The molecule has 0 bridgehead atoms. The van der Waals surface area contributed by atoms with Crippen molar-refractivity contribution in [1.29, 1.82) is 0 Å². The summed E-state index contributed by atoms with van der Waals surface area (Å²) in [6.07, 6.45) is 5.84. The van der Waals surface area contributed by atoms with E-state index in [0.29, 0.717) is 27.8 Å². The molecule has 1 saturated carbocycles. The summed E-state index contributed by atoms with van der Waals surface area (Å²) in [6.45, 7) is 0. The van der Waals surface area contributed by atoms with Crippen LogP contribution in [0.15, 0.2) is 42.6 Å². The van der Waals surface area contributed by atoms with Gasteiger partial charge in [0.15, 0.2) is 0 Å². The number of methoxy groups -OCH3 is 1. The van der Waals surface area contributed by atoms with E-state index in [1.807, 2.05) is 6.07 Å². The fourth-order valence-corrected chi connectivity index (χ4v) is 4.07. The topological polar surface area (TPSA) is 59.4 Å². The van der Waals surface area contributed by atoms with E-state index in [4.69, 9.17) is 4.74 Å². The maximum absolute atomic E-state index is 14.8. The van der Waals surface area contributed by atoms with Crippen LogP contribution in [0.5, 0.6) is 5.75 Å². The van der Waals surface area contributed by atoms with E-state index in [9.17, 15) is 14.3 Å². The number of carboxylic acid groups (broad SMARTS) is 1. The van der Waals surface area contributed by atoms with Gasteiger partial charge in [0, 0.05) is 23.7 Å². The zero-order chi connectivity index (χ0) is 19.0. The SMILES string of the molecule is COc1cc(F)c2c(-c3ccc(C(=O)O)c(C4CCCC4)c3)ccnc2c1. The van der Waals surface area contributed by atoms with E-state index >= 15 is 0 Å². The van der Waals surface area contributed by atoms with Gasteiger partial charge < -0.3 is 9.84 Å². The smallest absolute Gasteiger partial charge is 0.335 e. The Bertz CT molecular complexity index is 1030. The standard InChI is InChI=1S/C22H20FNO3/c1-27-15-11-19(23)21-16(8-9-24-20(21)12-15)14-6-7-17(22(25)26)18(10-14)13-4-2-3-5-13/h6-13H,2-5H2,1H3,(H,25,26). The second-order valence-electron chi connectivity index (χ2n) is 6.95. The third kappa shape index (κ3) is 3.14. The highest BCUT2D eigenvalue weighted by Crippen LogP contribution is 2.39. The van der Waals surface area contributed by atoms with Crippen LogP contribution >= 0.6 is 0 Å². The van der Waals surface area contributed by atoms with E-state index in [1.54, 1.807) is 30.5 Å². The molecule has 5 heteroatoms. The molecule has 0 unspecified atom stereocenters. The maximum atomic E-state index is 14.8. The predicted octanol–water partition coefficient (Wildman–Crippen LogP) is 5.41. The second-order valence-corrected chi connectivity index (χ2v) is 6.95. The first kappa shape index (κ1) is 17.5. The first-order valence-corrected chi connectivity index (χ1v) is 9.08. The zero-order valence-corrected chi connectivity index (χ0v) is 15.0. The van der Waals surface area contributed by atoms with Gasteiger partial charge in [-0.05, 0) is 53.6 Å². The third-order valence-electron chi connectivity index (χ3n) is 5.39. The van der Waals surface area contributed by atoms with Gasteiger partial charge in [0.2, 0.25) is 0 Å². The highest BCUT2D eigenvalue weighted by molar-refractivity contribution is 5.97. The lowest BCUT2D eigenvalue weighted by Crippen LogP contribution is -2.06. The number of rotatable bonds is 4. The zero-order valence-electron chi connectivity index (χ0n) is 15.0. The van der Waals surface area contributed by atoms with Gasteiger partial charge in [-0.15, -0.1) is 0 Å². The first-order valence-electron chi connectivity index (χ1n) is 9.08. The Hall–Kier alpha value is -2.95. The molecule has 138 valence electrons. The quantitative estimate of drug-likeness (QED) is 0.672. The summed E-state index contributed by atoms with van der Waals surface area (Å²) in [7, 11) is 1.49. The Morgan fingerprint density at radius 3 is 2.67 bits per heavy atom. The van der Waals surface area contributed by atoms with Crippen molar-refractivity contribution in [1.82, 2.24) is 4.98 Å². The molecule has 0 atom stereocenters. The van der Waals surface area contributed by atoms with Gasteiger partial charge in [-0.2, -0.15) is 0 Å². The number of halogens is 1. The summed E-state index contributed by atoms with van der Waals surface area (Å²) in [4.78, 5) is 15.9. The van der Waals surface area contributed by atoms with Gasteiger partial charge >= 0.3 is 5.97 Å². The summed E-state index contributed by atoms with van der Waals surface area (Å²) in [5.41, 5.74) is 3.20. The van der Waals surface area contributed by atoms with Crippen LogP contribution < -0.4 is 4.74 Å². The molecule has 0 saturated heterocycles. The van der Waals surface area contributed by atoms with Gasteiger partial charge in [0.05, 0.1) is 18.2 Å². The second kappa shape index (κ2) is 6.99. The number of benzene rings is 2. The molecule has 0 spiro atoms. The molecule has 0 aliphatic heterocycles. The normalized spacial score (nSPS) is 14.6. The van der Waals surface area contributed by atoms with Gasteiger partial charge in [0.25, 0.3) is 0 Å². The number of nitrogens with zero attached hydrogens (tertiary/aromatic N) is 1. The monoisotopic (exact) mass is 365 g/mol.